The molecule has 0 aromatic heterocycles. The van der Waals surface area contributed by atoms with Crippen LogP contribution in [0.4, 0.5) is 11.4 Å². The largest absolute Gasteiger partial charge is 0.495 e. The second kappa shape index (κ2) is 13.7. The van der Waals surface area contributed by atoms with Gasteiger partial charge >= 0.3 is 5.97 Å². The fourth-order valence-electron chi connectivity index (χ4n) is 3.09. The number of benzene rings is 3. The standard InChI is InChI=1S/C26H23Cl3N2O6/c1-35-23-12-6-17(28)14-21(23)31-25(33)15-36-26(34)4-2-3-24(32)30-18-7-9-19(10-8-18)37-22-11-5-16(27)13-20(22)29/h5-14H,2-4,15H2,1H3,(H,30,32)(H,31,33). The molecule has 8 nitrogen and oxygen atoms in total. The van der Waals surface area contributed by atoms with Crippen molar-refractivity contribution < 1.29 is 28.6 Å². The third kappa shape index (κ3) is 9.17. The van der Waals surface area contributed by atoms with Crippen molar-refractivity contribution in [3.05, 3.63) is 75.7 Å². The first kappa shape index (κ1) is 28.1. The zero-order valence-electron chi connectivity index (χ0n) is 19.7. The summed E-state index contributed by atoms with van der Waals surface area (Å²) in [5.74, 6) is -0.00349. The number of rotatable bonds is 11. The van der Waals surface area contributed by atoms with E-state index in [4.69, 9.17) is 49.0 Å². The minimum atomic E-state index is -0.594. The normalized spacial score (nSPS) is 10.4. The Morgan fingerprint density at radius 3 is 2.14 bits per heavy atom. The van der Waals surface area contributed by atoms with Gasteiger partial charge in [-0.3, -0.25) is 14.4 Å². The summed E-state index contributed by atoms with van der Waals surface area (Å²) in [4.78, 5) is 36.2. The molecule has 3 aromatic carbocycles. The number of esters is 1. The summed E-state index contributed by atoms with van der Waals surface area (Å²) in [7, 11) is 1.46. The van der Waals surface area contributed by atoms with Crippen LogP contribution in [0.3, 0.4) is 0 Å². The Morgan fingerprint density at radius 1 is 0.784 bits per heavy atom. The molecule has 0 aliphatic carbocycles. The van der Waals surface area contributed by atoms with E-state index in [-0.39, 0.29) is 25.2 Å². The highest BCUT2D eigenvalue weighted by molar-refractivity contribution is 6.35. The van der Waals surface area contributed by atoms with E-state index in [2.05, 4.69) is 10.6 Å². The van der Waals surface area contributed by atoms with Gasteiger partial charge in [-0.15, -0.1) is 0 Å². The van der Waals surface area contributed by atoms with Crippen LogP contribution in [0, 0.1) is 0 Å². The van der Waals surface area contributed by atoms with Gasteiger partial charge in [-0.25, -0.2) is 0 Å². The summed E-state index contributed by atoms with van der Waals surface area (Å²) in [6.07, 6.45) is 0.333. The van der Waals surface area contributed by atoms with Crippen LogP contribution in [0.15, 0.2) is 60.7 Å². The Bertz CT molecular complexity index is 1270. The lowest BCUT2D eigenvalue weighted by atomic mass is 10.2. The second-order valence-corrected chi connectivity index (χ2v) is 8.94. The third-order valence-corrected chi connectivity index (χ3v) is 5.61. The molecule has 0 saturated heterocycles. The van der Waals surface area contributed by atoms with Crippen molar-refractivity contribution in [1.82, 2.24) is 0 Å². The number of amides is 2. The molecule has 11 heteroatoms. The summed E-state index contributed by atoms with van der Waals surface area (Å²) in [6, 6.07) is 16.4. The van der Waals surface area contributed by atoms with Crippen LogP contribution in [-0.4, -0.2) is 31.5 Å². The summed E-state index contributed by atoms with van der Waals surface area (Å²) in [6.45, 7) is -0.476. The molecule has 0 bridgehead atoms. The van der Waals surface area contributed by atoms with Gasteiger partial charge in [-0.05, 0) is 67.1 Å². The lowest BCUT2D eigenvalue weighted by molar-refractivity contribution is -0.147. The number of ether oxygens (including phenoxy) is 3. The van der Waals surface area contributed by atoms with Crippen LogP contribution >= 0.6 is 34.8 Å². The molecule has 0 aliphatic rings. The second-order valence-electron chi connectivity index (χ2n) is 7.66. The molecular formula is C26H23Cl3N2O6. The highest BCUT2D eigenvalue weighted by Gasteiger charge is 2.12. The van der Waals surface area contributed by atoms with Gasteiger partial charge in [0, 0.05) is 28.6 Å². The van der Waals surface area contributed by atoms with Crippen molar-refractivity contribution in [2.75, 3.05) is 24.4 Å². The predicted molar refractivity (Wildman–Crippen MR) is 143 cm³/mol. The SMILES string of the molecule is COc1ccc(Cl)cc1NC(=O)COC(=O)CCCC(=O)Nc1ccc(Oc2ccc(Cl)cc2Cl)cc1. The summed E-state index contributed by atoms with van der Waals surface area (Å²) in [5.41, 5.74) is 0.927. The maximum Gasteiger partial charge on any atom is 0.306 e. The van der Waals surface area contributed by atoms with Gasteiger partial charge in [0.15, 0.2) is 6.61 Å². The predicted octanol–water partition coefficient (Wildman–Crippen LogP) is 6.74. The van der Waals surface area contributed by atoms with E-state index >= 15 is 0 Å². The first-order valence-corrected chi connectivity index (χ1v) is 12.2. The number of halogens is 3. The highest BCUT2D eigenvalue weighted by Crippen LogP contribution is 2.32. The molecule has 0 unspecified atom stereocenters. The summed E-state index contributed by atoms with van der Waals surface area (Å²) in [5, 5.41) is 6.61. The Balaban J connectivity index is 1.36. The van der Waals surface area contributed by atoms with Crippen molar-refractivity contribution >= 4 is 64.0 Å². The van der Waals surface area contributed by atoms with E-state index in [1.807, 2.05) is 0 Å². The topological polar surface area (TPSA) is 103 Å². The molecule has 194 valence electrons. The maximum absolute atomic E-state index is 12.2. The number of carbonyl (C=O) groups excluding carboxylic acids is 3. The first-order valence-electron chi connectivity index (χ1n) is 11.1. The van der Waals surface area contributed by atoms with Crippen molar-refractivity contribution in [1.29, 1.82) is 0 Å². The first-order chi connectivity index (χ1) is 17.7. The molecule has 0 atom stereocenters. The van der Waals surface area contributed by atoms with E-state index in [0.29, 0.717) is 43.7 Å². The van der Waals surface area contributed by atoms with Gasteiger partial charge in [-0.1, -0.05) is 34.8 Å². The fraction of sp³-hybridized carbons (Fsp3) is 0.192. The number of carbonyl (C=O) groups is 3. The number of nitrogens with one attached hydrogen (secondary N) is 2. The average Bonchev–Trinajstić information content (AvgIpc) is 2.86. The fourth-order valence-corrected chi connectivity index (χ4v) is 3.71. The molecule has 0 fully saturated rings. The molecular weight excluding hydrogens is 543 g/mol. The zero-order valence-corrected chi connectivity index (χ0v) is 22.0. The molecule has 37 heavy (non-hydrogen) atoms. The maximum atomic E-state index is 12.2. The van der Waals surface area contributed by atoms with Crippen molar-refractivity contribution in [3.63, 3.8) is 0 Å². The smallest absolute Gasteiger partial charge is 0.306 e. The van der Waals surface area contributed by atoms with Crippen molar-refractivity contribution in [2.24, 2.45) is 0 Å². The summed E-state index contributed by atoms with van der Waals surface area (Å²) < 4.78 is 15.8. The van der Waals surface area contributed by atoms with Crippen LogP contribution in [0.2, 0.25) is 15.1 Å². The van der Waals surface area contributed by atoms with E-state index in [1.54, 1.807) is 54.6 Å². The van der Waals surface area contributed by atoms with Crippen LogP contribution in [0.5, 0.6) is 17.2 Å². The Hall–Kier alpha value is -3.46. The van der Waals surface area contributed by atoms with E-state index in [0.717, 1.165) is 0 Å². The molecule has 3 rings (SSSR count). The number of hydrogen-bond acceptors (Lipinski definition) is 6. The van der Waals surface area contributed by atoms with Crippen LogP contribution in [0.25, 0.3) is 0 Å². The number of hydrogen-bond donors (Lipinski definition) is 2. The van der Waals surface area contributed by atoms with Gasteiger partial charge < -0.3 is 24.8 Å². The Labute approximate surface area is 228 Å². The van der Waals surface area contributed by atoms with Gasteiger partial charge in [0.25, 0.3) is 5.91 Å². The lowest BCUT2D eigenvalue weighted by Crippen LogP contribution is -2.21. The monoisotopic (exact) mass is 564 g/mol. The van der Waals surface area contributed by atoms with Gasteiger partial charge in [0.2, 0.25) is 5.91 Å². The molecule has 0 heterocycles. The quantitative estimate of drug-likeness (QED) is 0.250. The van der Waals surface area contributed by atoms with Crippen LogP contribution in [-0.2, 0) is 19.1 Å². The molecule has 0 saturated carbocycles. The highest BCUT2D eigenvalue weighted by atomic mass is 35.5. The minimum Gasteiger partial charge on any atom is -0.495 e. The van der Waals surface area contributed by atoms with Gasteiger partial charge in [0.05, 0.1) is 17.8 Å². The zero-order chi connectivity index (χ0) is 26.8. The number of methoxy groups -OCH3 is 1. The number of anilines is 2. The minimum absolute atomic E-state index is 0.0180. The van der Waals surface area contributed by atoms with Gasteiger partial charge in [-0.2, -0.15) is 0 Å². The molecule has 0 spiro atoms. The Morgan fingerprint density at radius 2 is 1.46 bits per heavy atom. The van der Waals surface area contributed by atoms with Crippen LogP contribution < -0.4 is 20.1 Å². The van der Waals surface area contributed by atoms with Crippen LogP contribution in [0.1, 0.15) is 19.3 Å². The molecule has 0 radical (unpaired) electrons. The van der Waals surface area contributed by atoms with E-state index < -0.39 is 18.5 Å². The van der Waals surface area contributed by atoms with E-state index in [1.165, 1.54) is 13.2 Å². The molecule has 0 aliphatic heterocycles. The Kier molecular flexibility index (Phi) is 10.4. The lowest BCUT2D eigenvalue weighted by Gasteiger charge is -2.11. The van der Waals surface area contributed by atoms with Gasteiger partial charge in [0.1, 0.15) is 17.2 Å². The van der Waals surface area contributed by atoms with Crippen molar-refractivity contribution in [3.8, 4) is 17.2 Å². The summed E-state index contributed by atoms with van der Waals surface area (Å²) >= 11 is 17.9. The third-order valence-electron chi connectivity index (χ3n) is 4.84. The molecule has 3 aromatic rings. The molecule has 2 amide bonds. The molecule has 2 N–H and O–H groups in total. The average molecular weight is 566 g/mol. The van der Waals surface area contributed by atoms with E-state index in [9.17, 15) is 14.4 Å². The van der Waals surface area contributed by atoms with Crippen molar-refractivity contribution in [2.45, 2.75) is 19.3 Å².